The van der Waals surface area contributed by atoms with Gasteiger partial charge in [-0.3, -0.25) is 9.59 Å². The van der Waals surface area contributed by atoms with Crippen molar-refractivity contribution >= 4 is 17.5 Å². The zero-order valence-corrected chi connectivity index (χ0v) is 15.4. The lowest BCUT2D eigenvalue weighted by Gasteiger charge is -2.31. The van der Waals surface area contributed by atoms with Gasteiger partial charge in [0, 0.05) is 30.3 Å². The molecule has 142 valence electrons. The highest BCUT2D eigenvalue weighted by Gasteiger charge is 2.27. The van der Waals surface area contributed by atoms with Crippen LogP contribution in [-0.4, -0.2) is 48.6 Å². The molecule has 2 N–H and O–H groups in total. The molecule has 2 amide bonds. The normalized spacial score (nSPS) is 14.7. The number of aliphatic hydroxyl groups excluding tert-OH is 1. The highest BCUT2D eigenvalue weighted by Crippen LogP contribution is 2.31. The molecule has 1 aliphatic heterocycles. The predicted molar refractivity (Wildman–Crippen MR) is 103 cm³/mol. The van der Waals surface area contributed by atoms with Crippen LogP contribution in [0, 0.1) is 5.92 Å². The Bertz CT molecular complexity index is 813. The van der Waals surface area contributed by atoms with Crippen LogP contribution in [0.15, 0.2) is 48.5 Å². The van der Waals surface area contributed by atoms with Crippen molar-refractivity contribution in [3.8, 4) is 16.9 Å². The highest BCUT2D eigenvalue weighted by atomic mass is 16.5. The number of carbonyl (C=O) groups excluding carboxylic acids is 2. The van der Waals surface area contributed by atoms with Gasteiger partial charge in [0.25, 0.3) is 0 Å². The maximum Gasteiger partial charge on any atom is 0.248 e. The summed E-state index contributed by atoms with van der Waals surface area (Å²) in [5.41, 5.74) is 2.65. The van der Waals surface area contributed by atoms with Crippen molar-refractivity contribution in [1.29, 1.82) is 0 Å². The van der Waals surface area contributed by atoms with Gasteiger partial charge < -0.3 is 20.1 Å². The average molecular weight is 368 g/mol. The fourth-order valence-corrected chi connectivity index (χ4v) is 3.36. The van der Waals surface area contributed by atoms with E-state index in [4.69, 9.17) is 9.84 Å². The first kappa shape index (κ1) is 18.9. The second-order valence-electron chi connectivity index (χ2n) is 6.58. The van der Waals surface area contributed by atoms with Crippen molar-refractivity contribution in [3.63, 3.8) is 0 Å². The van der Waals surface area contributed by atoms with E-state index in [9.17, 15) is 9.59 Å². The number of amides is 2. The van der Waals surface area contributed by atoms with Crippen LogP contribution in [0.4, 0.5) is 5.69 Å². The lowest BCUT2D eigenvalue weighted by Crippen LogP contribution is -2.42. The minimum Gasteiger partial charge on any atom is -0.497 e. The number of likely N-dealkylation sites (tertiary alicyclic amines) is 1. The molecular weight excluding hydrogens is 344 g/mol. The number of hydrogen-bond donors (Lipinski definition) is 2. The summed E-state index contributed by atoms with van der Waals surface area (Å²) in [4.78, 5) is 25.9. The lowest BCUT2D eigenvalue weighted by molar-refractivity contribution is -0.137. The number of nitrogens with one attached hydrogen (secondary N) is 1. The molecule has 3 rings (SSSR count). The molecule has 2 aromatic carbocycles. The molecule has 0 unspecified atom stereocenters. The first-order valence-corrected chi connectivity index (χ1v) is 9.05. The van der Waals surface area contributed by atoms with E-state index in [0.29, 0.717) is 25.9 Å². The molecule has 27 heavy (non-hydrogen) atoms. The second-order valence-corrected chi connectivity index (χ2v) is 6.58. The summed E-state index contributed by atoms with van der Waals surface area (Å²) in [5, 5.41) is 12.0. The number of rotatable bonds is 5. The van der Waals surface area contributed by atoms with Gasteiger partial charge in [0.05, 0.1) is 7.11 Å². The molecule has 1 heterocycles. The molecule has 0 atom stereocenters. The van der Waals surface area contributed by atoms with Crippen LogP contribution >= 0.6 is 0 Å². The Balaban J connectivity index is 1.71. The van der Waals surface area contributed by atoms with Crippen LogP contribution in [0.1, 0.15) is 12.8 Å². The monoisotopic (exact) mass is 368 g/mol. The highest BCUT2D eigenvalue weighted by molar-refractivity contribution is 5.97. The Labute approximate surface area is 158 Å². The van der Waals surface area contributed by atoms with Crippen molar-refractivity contribution in [1.82, 2.24) is 4.90 Å². The molecule has 0 saturated carbocycles. The van der Waals surface area contributed by atoms with Gasteiger partial charge in [0.2, 0.25) is 11.8 Å². The van der Waals surface area contributed by atoms with Gasteiger partial charge in [-0.25, -0.2) is 0 Å². The second kappa shape index (κ2) is 8.68. The van der Waals surface area contributed by atoms with Crippen LogP contribution in [-0.2, 0) is 9.59 Å². The maximum absolute atomic E-state index is 12.7. The number of carbonyl (C=O) groups is 2. The Morgan fingerprint density at radius 2 is 1.89 bits per heavy atom. The van der Waals surface area contributed by atoms with Gasteiger partial charge in [0.1, 0.15) is 12.4 Å². The third kappa shape index (κ3) is 4.46. The number of aliphatic hydroxyl groups is 1. The van der Waals surface area contributed by atoms with Gasteiger partial charge in [0.15, 0.2) is 0 Å². The smallest absolute Gasteiger partial charge is 0.248 e. The molecule has 2 aromatic rings. The minimum absolute atomic E-state index is 0.0403. The van der Waals surface area contributed by atoms with Gasteiger partial charge >= 0.3 is 0 Å². The lowest BCUT2D eigenvalue weighted by atomic mass is 9.95. The molecule has 0 aliphatic carbocycles. The Hall–Kier alpha value is -2.86. The molecule has 0 radical (unpaired) electrons. The fraction of sp³-hybridized carbons (Fsp3) is 0.333. The molecule has 0 aromatic heterocycles. The largest absolute Gasteiger partial charge is 0.497 e. The summed E-state index contributed by atoms with van der Waals surface area (Å²) >= 11 is 0. The molecule has 6 nitrogen and oxygen atoms in total. The zero-order chi connectivity index (χ0) is 19.2. The van der Waals surface area contributed by atoms with E-state index in [0.717, 1.165) is 22.6 Å². The summed E-state index contributed by atoms with van der Waals surface area (Å²) in [7, 11) is 1.63. The topological polar surface area (TPSA) is 78.9 Å². The van der Waals surface area contributed by atoms with Crippen molar-refractivity contribution in [2.75, 3.05) is 32.1 Å². The number of para-hydroxylation sites is 1. The zero-order valence-electron chi connectivity index (χ0n) is 15.4. The first-order valence-electron chi connectivity index (χ1n) is 9.05. The standard InChI is InChI=1S/C21H24N2O4/c1-27-17-6-4-5-16(13-17)18-7-2-3-8-19(18)22-21(26)15-9-11-23(12-10-15)20(25)14-24/h2-8,13,15,24H,9-12,14H2,1H3,(H,22,26). The van der Waals surface area contributed by atoms with Gasteiger partial charge in [-0.05, 0) is 36.6 Å². The number of piperidine rings is 1. The number of benzene rings is 2. The molecule has 1 fully saturated rings. The van der Waals surface area contributed by atoms with E-state index in [1.54, 1.807) is 12.0 Å². The fourth-order valence-electron chi connectivity index (χ4n) is 3.36. The molecule has 6 heteroatoms. The Morgan fingerprint density at radius 3 is 2.59 bits per heavy atom. The summed E-state index contributed by atoms with van der Waals surface area (Å²) in [6.45, 7) is 0.509. The number of methoxy groups -OCH3 is 1. The number of ether oxygens (including phenoxy) is 1. The molecule has 0 bridgehead atoms. The van der Waals surface area contributed by atoms with E-state index in [-0.39, 0.29) is 17.7 Å². The average Bonchev–Trinajstić information content (AvgIpc) is 2.73. The third-order valence-electron chi connectivity index (χ3n) is 4.92. The van der Waals surface area contributed by atoms with E-state index >= 15 is 0 Å². The molecule has 0 spiro atoms. The Kier molecular flexibility index (Phi) is 6.08. The quantitative estimate of drug-likeness (QED) is 0.850. The summed E-state index contributed by atoms with van der Waals surface area (Å²) in [6.07, 6.45) is 1.19. The van der Waals surface area contributed by atoms with Gasteiger partial charge in [-0.15, -0.1) is 0 Å². The maximum atomic E-state index is 12.7. The van der Waals surface area contributed by atoms with Crippen LogP contribution < -0.4 is 10.1 Å². The first-order chi connectivity index (χ1) is 13.1. The van der Waals surface area contributed by atoms with E-state index in [1.807, 2.05) is 48.5 Å². The minimum atomic E-state index is -0.481. The van der Waals surface area contributed by atoms with Crippen molar-refractivity contribution < 1.29 is 19.4 Å². The van der Waals surface area contributed by atoms with E-state index in [2.05, 4.69) is 5.32 Å². The Morgan fingerprint density at radius 1 is 1.15 bits per heavy atom. The number of nitrogens with zero attached hydrogens (tertiary/aromatic N) is 1. The van der Waals surface area contributed by atoms with Crippen molar-refractivity contribution in [2.24, 2.45) is 5.92 Å². The number of hydrogen-bond acceptors (Lipinski definition) is 4. The molecular formula is C21H24N2O4. The van der Waals surface area contributed by atoms with Gasteiger partial charge in [-0.2, -0.15) is 0 Å². The third-order valence-corrected chi connectivity index (χ3v) is 4.92. The van der Waals surface area contributed by atoms with Gasteiger partial charge in [-0.1, -0.05) is 30.3 Å². The van der Waals surface area contributed by atoms with Crippen LogP contribution in [0.5, 0.6) is 5.75 Å². The predicted octanol–water partition coefficient (Wildman–Crippen LogP) is 2.53. The van der Waals surface area contributed by atoms with Crippen molar-refractivity contribution in [3.05, 3.63) is 48.5 Å². The summed E-state index contributed by atoms with van der Waals surface area (Å²) in [5.74, 6) is 0.291. The SMILES string of the molecule is COc1cccc(-c2ccccc2NC(=O)C2CCN(C(=O)CO)CC2)c1. The summed E-state index contributed by atoms with van der Waals surface area (Å²) < 4.78 is 5.29. The van der Waals surface area contributed by atoms with Crippen LogP contribution in [0.3, 0.4) is 0 Å². The molecule has 1 aliphatic rings. The van der Waals surface area contributed by atoms with Crippen LogP contribution in [0.2, 0.25) is 0 Å². The van der Waals surface area contributed by atoms with Crippen LogP contribution in [0.25, 0.3) is 11.1 Å². The van der Waals surface area contributed by atoms with E-state index in [1.165, 1.54) is 0 Å². The molecule has 1 saturated heterocycles. The van der Waals surface area contributed by atoms with E-state index < -0.39 is 6.61 Å². The summed E-state index contributed by atoms with van der Waals surface area (Å²) in [6, 6.07) is 15.4. The number of anilines is 1. The van der Waals surface area contributed by atoms with Crippen molar-refractivity contribution in [2.45, 2.75) is 12.8 Å².